The molecule has 0 atom stereocenters. The van der Waals surface area contributed by atoms with Gasteiger partial charge in [-0.3, -0.25) is 4.90 Å². The van der Waals surface area contributed by atoms with Crippen molar-refractivity contribution < 1.29 is 9.47 Å². The monoisotopic (exact) mass is 266 g/mol. The fourth-order valence-corrected chi connectivity index (χ4v) is 2.02. The van der Waals surface area contributed by atoms with E-state index in [1.54, 1.807) is 14.2 Å². The third-order valence-electron chi connectivity index (χ3n) is 3.54. The predicted molar refractivity (Wildman–Crippen MR) is 79.0 cm³/mol. The molecule has 0 aromatic heterocycles. The van der Waals surface area contributed by atoms with Crippen molar-refractivity contribution in [1.82, 2.24) is 10.2 Å². The molecule has 0 aliphatic heterocycles. The van der Waals surface area contributed by atoms with Gasteiger partial charge in [0, 0.05) is 30.3 Å². The average Bonchev–Trinajstić information content (AvgIpc) is 2.39. The molecule has 0 heterocycles. The van der Waals surface area contributed by atoms with Crippen molar-refractivity contribution in [3.63, 3.8) is 0 Å². The summed E-state index contributed by atoms with van der Waals surface area (Å²) in [7, 11) is 7.46. The highest BCUT2D eigenvalue weighted by Gasteiger charge is 2.23. The van der Waals surface area contributed by atoms with E-state index in [0.29, 0.717) is 0 Å². The third kappa shape index (κ3) is 4.11. The largest absolute Gasteiger partial charge is 0.497 e. The van der Waals surface area contributed by atoms with E-state index in [-0.39, 0.29) is 5.54 Å². The topological polar surface area (TPSA) is 33.7 Å². The maximum Gasteiger partial charge on any atom is 0.127 e. The number of likely N-dealkylation sites (N-methyl/N-ethyl adjacent to an activating group) is 2. The minimum Gasteiger partial charge on any atom is -0.497 e. The number of rotatable bonds is 7. The number of nitrogens with one attached hydrogen (secondary N) is 1. The van der Waals surface area contributed by atoms with Gasteiger partial charge in [0.1, 0.15) is 11.5 Å². The Bertz CT molecular complexity index is 405. The fourth-order valence-electron chi connectivity index (χ4n) is 2.02. The van der Waals surface area contributed by atoms with Gasteiger partial charge < -0.3 is 14.8 Å². The van der Waals surface area contributed by atoms with Crippen LogP contribution in [0, 0.1) is 0 Å². The first-order valence-electron chi connectivity index (χ1n) is 6.51. The van der Waals surface area contributed by atoms with Gasteiger partial charge in [-0.05, 0) is 34.0 Å². The lowest BCUT2D eigenvalue weighted by Gasteiger charge is -2.36. The van der Waals surface area contributed by atoms with Crippen LogP contribution in [-0.2, 0) is 6.54 Å². The van der Waals surface area contributed by atoms with Crippen LogP contribution in [0.2, 0.25) is 0 Å². The van der Waals surface area contributed by atoms with Gasteiger partial charge in [-0.2, -0.15) is 0 Å². The molecule has 4 heteroatoms. The first-order chi connectivity index (χ1) is 8.94. The molecule has 0 aliphatic rings. The number of methoxy groups -OCH3 is 2. The fraction of sp³-hybridized carbons (Fsp3) is 0.600. The quantitative estimate of drug-likeness (QED) is 0.820. The Kier molecular flexibility index (Phi) is 5.63. The van der Waals surface area contributed by atoms with Crippen molar-refractivity contribution in [3.05, 3.63) is 23.8 Å². The molecule has 0 aliphatic carbocycles. The summed E-state index contributed by atoms with van der Waals surface area (Å²) in [5, 5.41) is 3.23. The van der Waals surface area contributed by atoms with E-state index in [4.69, 9.17) is 9.47 Å². The number of hydrogen-bond donors (Lipinski definition) is 1. The van der Waals surface area contributed by atoms with E-state index in [2.05, 4.69) is 37.2 Å². The summed E-state index contributed by atoms with van der Waals surface area (Å²) in [5.74, 6) is 1.68. The van der Waals surface area contributed by atoms with Gasteiger partial charge in [-0.25, -0.2) is 0 Å². The Morgan fingerprint density at radius 3 is 2.42 bits per heavy atom. The van der Waals surface area contributed by atoms with E-state index < -0.39 is 0 Å². The highest BCUT2D eigenvalue weighted by Crippen LogP contribution is 2.27. The number of ether oxygens (including phenoxy) is 2. The Hall–Kier alpha value is -1.26. The maximum atomic E-state index is 5.44. The summed E-state index contributed by atoms with van der Waals surface area (Å²) in [6, 6.07) is 5.95. The summed E-state index contributed by atoms with van der Waals surface area (Å²) in [5.41, 5.74) is 1.25. The molecule has 0 fully saturated rings. The van der Waals surface area contributed by atoms with Gasteiger partial charge in [0.05, 0.1) is 14.2 Å². The second-order valence-corrected chi connectivity index (χ2v) is 5.38. The van der Waals surface area contributed by atoms with Crippen LogP contribution in [0.3, 0.4) is 0 Å². The molecule has 1 aromatic carbocycles. The molecular weight excluding hydrogens is 240 g/mol. The van der Waals surface area contributed by atoms with Gasteiger partial charge >= 0.3 is 0 Å². The maximum absolute atomic E-state index is 5.44. The molecule has 0 radical (unpaired) electrons. The normalized spacial score (nSPS) is 11.7. The third-order valence-corrected chi connectivity index (χ3v) is 3.54. The summed E-state index contributed by atoms with van der Waals surface area (Å²) in [6.45, 7) is 6.21. The van der Waals surface area contributed by atoms with Crippen LogP contribution in [0.4, 0.5) is 0 Å². The highest BCUT2D eigenvalue weighted by atomic mass is 16.5. The number of nitrogens with zero attached hydrogens (tertiary/aromatic N) is 1. The molecule has 0 saturated heterocycles. The molecule has 0 spiro atoms. The molecule has 0 bridgehead atoms. The predicted octanol–water partition coefficient (Wildman–Crippen LogP) is 2.13. The molecule has 1 rings (SSSR count). The molecule has 1 aromatic rings. The number of benzene rings is 1. The highest BCUT2D eigenvalue weighted by molar-refractivity contribution is 5.40. The van der Waals surface area contributed by atoms with Crippen LogP contribution in [-0.4, -0.2) is 45.3 Å². The van der Waals surface area contributed by atoms with E-state index in [0.717, 1.165) is 30.2 Å². The van der Waals surface area contributed by atoms with Gasteiger partial charge in [0.25, 0.3) is 0 Å². The lowest BCUT2D eigenvalue weighted by Crippen LogP contribution is -2.47. The summed E-state index contributed by atoms with van der Waals surface area (Å²) in [4.78, 5) is 2.31. The molecule has 0 amide bonds. The van der Waals surface area contributed by atoms with Crippen LogP contribution in [0.25, 0.3) is 0 Å². The summed E-state index contributed by atoms with van der Waals surface area (Å²) in [6.07, 6.45) is 0. The van der Waals surface area contributed by atoms with Crippen LogP contribution in [0.5, 0.6) is 11.5 Å². The van der Waals surface area contributed by atoms with Gasteiger partial charge in [-0.15, -0.1) is 0 Å². The Morgan fingerprint density at radius 1 is 1.21 bits per heavy atom. The van der Waals surface area contributed by atoms with E-state index in [9.17, 15) is 0 Å². The standard InChI is InChI=1S/C15H26N2O2/c1-15(2,11-16-3)17(4)10-12-7-8-13(18-5)9-14(12)19-6/h7-9,16H,10-11H2,1-6H3. The van der Waals surface area contributed by atoms with E-state index >= 15 is 0 Å². The van der Waals surface area contributed by atoms with Crippen molar-refractivity contribution in [3.8, 4) is 11.5 Å². The zero-order chi connectivity index (χ0) is 14.5. The van der Waals surface area contributed by atoms with Crippen molar-refractivity contribution in [2.45, 2.75) is 25.9 Å². The van der Waals surface area contributed by atoms with Crippen molar-refractivity contribution in [2.75, 3.05) is 34.9 Å². The molecular formula is C15H26N2O2. The van der Waals surface area contributed by atoms with Crippen LogP contribution >= 0.6 is 0 Å². The average molecular weight is 266 g/mol. The van der Waals surface area contributed by atoms with Crippen molar-refractivity contribution in [1.29, 1.82) is 0 Å². The minimum atomic E-state index is 0.0830. The molecule has 0 unspecified atom stereocenters. The van der Waals surface area contributed by atoms with Crippen molar-refractivity contribution in [2.24, 2.45) is 0 Å². The van der Waals surface area contributed by atoms with Gasteiger partial charge in [0.2, 0.25) is 0 Å². The Morgan fingerprint density at radius 2 is 1.89 bits per heavy atom. The molecule has 0 saturated carbocycles. The van der Waals surface area contributed by atoms with Crippen molar-refractivity contribution >= 4 is 0 Å². The lowest BCUT2D eigenvalue weighted by atomic mass is 10.0. The molecule has 1 N–H and O–H groups in total. The van der Waals surface area contributed by atoms with Crippen LogP contribution in [0.1, 0.15) is 19.4 Å². The summed E-state index contributed by atoms with van der Waals surface area (Å²) >= 11 is 0. The number of hydrogen-bond acceptors (Lipinski definition) is 4. The van der Waals surface area contributed by atoms with Gasteiger partial charge in [-0.1, -0.05) is 6.07 Å². The Balaban J connectivity index is 2.87. The molecule has 4 nitrogen and oxygen atoms in total. The second kappa shape index (κ2) is 6.78. The van der Waals surface area contributed by atoms with Crippen LogP contribution in [0.15, 0.2) is 18.2 Å². The first kappa shape index (κ1) is 15.8. The SMILES string of the molecule is CNCC(C)(C)N(C)Cc1ccc(OC)cc1OC. The van der Waals surface area contributed by atoms with Gasteiger partial charge in [0.15, 0.2) is 0 Å². The summed E-state index contributed by atoms with van der Waals surface area (Å²) < 4.78 is 10.7. The van der Waals surface area contributed by atoms with E-state index in [1.807, 2.05) is 19.2 Å². The van der Waals surface area contributed by atoms with Crippen LogP contribution < -0.4 is 14.8 Å². The second-order valence-electron chi connectivity index (χ2n) is 5.38. The smallest absolute Gasteiger partial charge is 0.127 e. The minimum absolute atomic E-state index is 0.0830. The lowest BCUT2D eigenvalue weighted by molar-refractivity contribution is 0.146. The zero-order valence-corrected chi connectivity index (χ0v) is 12.9. The molecule has 19 heavy (non-hydrogen) atoms. The molecule has 108 valence electrons. The Labute approximate surface area is 116 Å². The van der Waals surface area contributed by atoms with E-state index in [1.165, 1.54) is 0 Å². The zero-order valence-electron chi connectivity index (χ0n) is 12.9. The first-order valence-corrected chi connectivity index (χ1v) is 6.51.